The Labute approximate surface area is 114 Å². The second kappa shape index (κ2) is 6.26. The molecule has 0 aliphatic carbocycles. The van der Waals surface area contributed by atoms with Gasteiger partial charge < -0.3 is 4.74 Å². The summed E-state index contributed by atoms with van der Waals surface area (Å²) >= 11 is 1.96. The Bertz CT molecular complexity index is 474. The predicted octanol–water partition coefficient (Wildman–Crippen LogP) is 4.55. The number of hydrogen-bond donors (Lipinski definition) is 0. The number of fused-ring (bicyclic) bond motifs is 1. The van der Waals surface area contributed by atoms with Gasteiger partial charge in [0.25, 0.3) is 0 Å². The predicted molar refractivity (Wildman–Crippen MR) is 80.0 cm³/mol. The molecule has 0 amide bonds. The molecule has 0 N–H and O–H groups in total. The number of allylic oxidation sites excluding steroid dienone is 1. The lowest BCUT2D eigenvalue weighted by atomic mass is 10.1. The van der Waals surface area contributed by atoms with E-state index in [4.69, 9.17) is 4.74 Å². The quantitative estimate of drug-likeness (QED) is 0.735. The number of methoxy groups -OCH3 is 1. The topological polar surface area (TPSA) is 9.23 Å². The van der Waals surface area contributed by atoms with Crippen LogP contribution in [0.25, 0.3) is 6.08 Å². The minimum Gasteiger partial charge on any atom is -0.380 e. The zero-order chi connectivity index (χ0) is 13.0. The average molecular weight is 260 g/mol. The summed E-state index contributed by atoms with van der Waals surface area (Å²) in [4.78, 5) is 1.39. The molecule has 0 saturated carbocycles. The van der Waals surface area contributed by atoms with Gasteiger partial charge in [0.15, 0.2) is 0 Å². The monoisotopic (exact) mass is 260 g/mol. The van der Waals surface area contributed by atoms with Crippen LogP contribution in [-0.2, 0) is 4.74 Å². The molecule has 1 nitrogen and oxygen atoms in total. The van der Waals surface area contributed by atoms with Gasteiger partial charge in [-0.2, -0.15) is 0 Å². The fourth-order valence-corrected chi connectivity index (χ4v) is 3.31. The molecule has 1 aromatic carbocycles. The number of rotatable bonds is 4. The largest absolute Gasteiger partial charge is 0.380 e. The summed E-state index contributed by atoms with van der Waals surface area (Å²) < 4.78 is 5.19. The molecule has 1 atom stereocenters. The first-order chi connectivity index (χ1) is 8.70. The molecule has 2 heteroatoms. The molecule has 0 aromatic heterocycles. The first kappa shape index (κ1) is 13.4. The van der Waals surface area contributed by atoms with Crippen LogP contribution in [0.4, 0.5) is 0 Å². The van der Waals surface area contributed by atoms with E-state index in [0.29, 0.717) is 5.25 Å². The molecule has 0 saturated heterocycles. The van der Waals surface area contributed by atoms with E-state index >= 15 is 0 Å². The Hall–Kier alpha value is -0.990. The normalized spacial score (nSPS) is 19.4. The van der Waals surface area contributed by atoms with Gasteiger partial charge >= 0.3 is 0 Å². The standard InChI is InChI=1S/C16H20OS/c1-12(13(2)11-17-3)10-15-9-8-14-6-4-5-7-16(14)18-15/h4-9,15H,10-11H2,1-3H3/b13-12-. The maximum Gasteiger partial charge on any atom is 0.0672 e. The fraction of sp³-hybridized carbons (Fsp3) is 0.375. The minimum atomic E-state index is 0.548. The van der Waals surface area contributed by atoms with E-state index < -0.39 is 0 Å². The Morgan fingerprint density at radius 2 is 2.00 bits per heavy atom. The molecule has 1 aliphatic heterocycles. The molecular weight excluding hydrogens is 240 g/mol. The Kier molecular flexibility index (Phi) is 4.67. The van der Waals surface area contributed by atoms with Crippen molar-refractivity contribution < 1.29 is 4.74 Å². The van der Waals surface area contributed by atoms with Gasteiger partial charge in [-0.3, -0.25) is 0 Å². The van der Waals surface area contributed by atoms with Crippen LogP contribution in [0.1, 0.15) is 25.8 Å². The molecule has 1 heterocycles. The van der Waals surface area contributed by atoms with Gasteiger partial charge in [0, 0.05) is 17.3 Å². The van der Waals surface area contributed by atoms with Crippen LogP contribution in [0.5, 0.6) is 0 Å². The van der Waals surface area contributed by atoms with Crippen molar-refractivity contribution in [1.29, 1.82) is 0 Å². The van der Waals surface area contributed by atoms with Crippen LogP contribution in [-0.4, -0.2) is 19.0 Å². The van der Waals surface area contributed by atoms with Crippen molar-refractivity contribution in [3.63, 3.8) is 0 Å². The lowest BCUT2D eigenvalue weighted by Crippen LogP contribution is -2.05. The summed E-state index contributed by atoms with van der Waals surface area (Å²) in [5, 5.41) is 0.548. The Morgan fingerprint density at radius 3 is 2.78 bits per heavy atom. The van der Waals surface area contributed by atoms with E-state index in [-0.39, 0.29) is 0 Å². The van der Waals surface area contributed by atoms with E-state index in [9.17, 15) is 0 Å². The third kappa shape index (κ3) is 3.27. The van der Waals surface area contributed by atoms with E-state index in [1.807, 2.05) is 11.8 Å². The summed E-state index contributed by atoms with van der Waals surface area (Å²) in [6.45, 7) is 5.11. The van der Waals surface area contributed by atoms with Crippen LogP contribution in [0.15, 0.2) is 46.4 Å². The van der Waals surface area contributed by atoms with E-state index in [1.165, 1.54) is 21.6 Å². The van der Waals surface area contributed by atoms with Crippen LogP contribution in [0, 0.1) is 0 Å². The van der Waals surface area contributed by atoms with Gasteiger partial charge in [-0.05, 0) is 37.5 Å². The SMILES string of the molecule is COC/C(C)=C(/C)CC1C=Cc2ccccc2S1. The first-order valence-corrected chi connectivity index (χ1v) is 7.16. The molecule has 18 heavy (non-hydrogen) atoms. The van der Waals surface area contributed by atoms with E-state index in [2.05, 4.69) is 50.3 Å². The molecule has 2 rings (SSSR count). The molecular formula is C16H20OS. The molecule has 0 fully saturated rings. The molecule has 0 radical (unpaired) electrons. The molecule has 0 spiro atoms. The third-order valence-corrected chi connectivity index (χ3v) is 4.54. The van der Waals surface area contributed by atoms with Crippen LogP contribution in [0.2, 0.25) is 0 Å². The highest BCUT2D eigenvalue weighted by atomic mass is 32.2. The summed E-state index contributed by atoms with van der Waals surface area (Å²) in [6, 6.07) is 8.59. The summed E-state index contributed by atoms with van der Waals surface area (Å²) in [7, 11) is 1.75. The zero-order valence-corrected chi connectivity index (χ0v) is 12.1. The molecule has 1 aromatic rings. The van der Waals surface area contributed by atoms with Crippen molar-refractivity contribution in [2.75, 3.05) is 13.7 Å². The fourth-order valence-electron chi connectivity index (χ4n) is 2.06. The third-order valence-electron chi connectivity index (χ3n) is 3.28. The summed E-state index contributed by atoms with van der Waals surface area (Å²) in [5.41, 5.74) is 4.14. The van der Waals surface area contributed by atoms with Gasteiger partial charge in [0.05, 0.1) is 6.61 Å². The molecule has 1 unspecified atom stereocenters. The second-order valence-electron chi connectivity index (χ2n) is 4.75. The average Bonchev–Trinajstić information content (AvgIpc) is 2.39. The number of benzene rings is 1. The van der Waals surface area contributed by atoms with Crippen molar-refractivity contribution in [2.24, 2.45) is 0 Å². The Balaban J connectivity index is 2.05. The second-order valence-corrected chi connectivity index (χ2v) is 6.03. The van der Waals surface area contributed by atoms with Crippen molar-refractivity contribution in [2.45, 2.75) is 30.4 Å². The highest BCUT2D eigenvalue weighted by Crippen LogP contribution is 2.36. The number of hydrogen-bond acceptors (Lipinski definition) is 2. The van der Waals surface area contributed by atoms with Gasteiger partial charge in [-0.25, -0.2) is 0 Å². The van der Waals surface area contributed by atoms with Crippen LogP contribution < -0.4 is 0 Å². The summed E-state index contributed by atoms with van der Waals surface area (Å²) in [5.74, 6) is 0. The molecule has 1 aliphatic rings. The van der Waals surface area contributed by atoms with Gasteiger partial charge in [0.1, 0.15) is 0 Å². The van der Waals surface area contributed by atoms with Crippen molar-refractivity contribution in [3.8, 4) is 0 Å². The van der Waals surface area contributed by atoms with Crippen molar-refractivity contribution in [3.05, 3.63) is 47.1 Å². The van der Waals surface area contributed by atoms with E-state index in [0.717, 1.165) is 13.0 Å². The number of ether oxygens (including phenoxy) is 1. The highest BCUT2D eigenvalue weighted by molar-refractivity contribution is 8.00. The lowest BCUT2D eigenvalue weighted by molar-refractivity contribution is 0.225. The highest BCUT2D eigenvalue weighted by Gasteiger charge is 2.14. The Morgan fingerprint density at radius 1 is 1.22 bits per heavy atom. The minimum absolute atomic E-state index is 0.548. The zero-order valence-electron chi connectivity index (χ0n) is 11.3. The lowest BCUT2D eigenvalue weighted by Gasteiger charge is -2.20. The van der Waals surface area contributed by atoms with Gasteiger partial charge in [-0.15, -0.1) is 11.8 Å². The number of thioether (sulfide) groups is 1. The van der Waals surface area contributed by atoms with Crippen molar-refractivity contribution >= 4 is 17.8 Å². The summed E-state index contributed by atoms with van der Waals surface area (Å²) in [6.07, 6.45) is 5.66. The molecule has 0 bridgehead atoms. The first-order valence-electron chi connectivity index (χ1n) is 6.28. The molecule has 96 valence electrons. The van der Waals surface area contributed by atoms with Crippen LogP contribution in [0.3, 0.4) is 0 Å². The maximum atomic E-state index is 5.19. The van der Waals surface area contributed by atoms with Gasteiger partial charge in [-0.1, -0.05) is 35.9 Å². The maximum absolute atomic E-state index is 5.19. The van der Waals surface area contributed by atoms with Crippen molar-refractivity contribution in [1.82, 2.24) is 0 Å². The van der Waals surface area contributed by atoms with Crippen LogP contribution >= 0.6 is 11.8 Å². The van der Waals surface area contributed by atoms with E-state index in [1.54, 1.807) is 7.11 Å². The van der Waals surface area contributed by atoms with Gasteiger partial charge in [0.2, 0.25) is 0 Å². The smallest absolute Gasteiger partial charge is 0.0672 e.